The summed E-state index contributed by atoms with van der Waals surface area (Å²) in [7, 11) is 1.91. The molecule has 1 aromatic rings. The maximum absolute atomic E-state index is 4.48. The van der Waals surface area contributed by atoms with E-state index in [2.05, 4.69) is 39.0 Å². The number of hydrogen-bond donors (Lipinski definition) is 1. The predicted octanol–water partition coefficient (Wildman–Crippen LogP) is 3.30. The average molecular weight is 291 g/mol. The van der Waals surface area contributed by atoms with E-state index in [1.165, 1.54) is 44.3 Å². The van der Waals surface area contributed by atoms with Crippen LogP contribution < -0.4 is 5.32 Å². The van der Waals surface area contributed by atoms with Crippen molar-refractivity contribution in [3.05, 3.63) is 22.4 Å². The lowest BCUT2D eigenvalue weighted by atomic mass is 9.68. The van der Waals surface area contributed by atoms with Crippen LogP contribution in [0.3, 0.4) is 0 Å². The molecule has 0 amide bonds. The van der Waals surface area contributed by atoms with Crippen molar-refractivity contribution >= 4 is 17.3 Å². The van der Waals surface area contributed by atoms with E-state index in [1.54, 1.807) is 11.3 Å². The highest BCUT2D eigenvalue weighted by atomic mass is 32.1. The molecule has 1 saturated heterocycles. The van der Waals surface area contributed by atoms with Crippen molar-refractivity contribution in [3.8, 4) is 0 Å². The van der Waals surface area contributed by atoms with Gasteiger partial charge in [-0.15, -0.1) is 0 Å². The third-order valence-electron chi connectivity index (χ3n) is 5.04. The smallest absolute Gasteiger partial charge is 0.193 e. The molecule has 3 nitrogen and oxygen atoms in total. The number of guanidine groups is 1. The molecule has 0 aromatic carbocycles. The van der Waals surface area contributed by atoms with E-state index in [1.807, 2.05) is 7.05 Å². The summed E-state index contributed by atoms with van der Waals surface area (Å²) in [5, 5.41) is 7.96. The van der Waals surface area contributed by atoms with Gasteiger partial charge in [-0.1, -0.05) is 13.3 Å². The van der Waals surface area contributed by atoms with E-state index >= 15 is 0 Å². The number of thiophene rings is 1. The van der Waals surface area contributed by atoms with Crippen LogP contribution in [0.25, 0.3) is 0 Å². The van der Waals surface area contributed by atoms with Crippen LogP contribution in [0.5, 0.6) is 0 Å². The van der Waals surface area contributed by atoms with Gasteiger partial charge in [0.2, 0.25) is 0 Å². The minimum Gasteiger partial charge on any atom is -0.356 e. The fourth-order valence-corrected chi connectivity index (χ4v) is 4.23. The lowest BCUT2D eigenvalue weighted by molar-refractivity contribution is 0.151. The SMILES string of the molecule is CN=C(NCC(C)c1ccsc1)N1CCC2(CCC2)C1. The van der Waals surface area contributed by atoms with Crippen LogP contribution in [0.2, 0.25) is 0 Å². The van der Waals surface area contributed by atoms with Gasteiger partial charge in [0.1, 0.15) is 0 Å². The molecular formula is C16H25N3S. The fraction of sp³-hybridized carbons (Fsp3) is 0.688. The lowest BCUT2D eigenvalue weighted by Gasteiger charge is -2.38. The topological polar surface area (TPSA) is 27.6 Å². The zero-order valence-corrected chi connectivity index (χ0v) is 13.4. The molecule has 2 fully saturated rings. The van der Waals surface area contributed by atoms with Crippen LogP contribution in [-0.2, 0) is 0 Å². The molecule has 0 bridgehead atoms. The molecule has 1 saturated carbocycles. The minimum absolute atomic E-state index is 0.540. The van der Waals surface area contributed by atoms with Crippen LogP contribution in [0.1, 0.15) is 44.1 Å². The number of hydrogen-bond acceptors (Lipinski definition) is 2. The Balaban J connectivity index is 1.53. The number of nitrogens with one attached hydrogen (secondary N) is 1. The zero-order chi connectivity index (χ0) is 14.0. The van der Waals surface area contributed by atoms with Gasteiger partial charge in [-0.05, 0) is 53.0 Å². The van der Waals surface area contributed by atoms with Crippen molar-refractivity contribution in [1.82, 2.24) is 10.2 Å². The monoisotopic (exact) mass is 291 g/mol. The van der Waals surface area contributed by atoms with Gasteiger partial charge in [-0.2, -0.15) is 11.3 Å². The summed E-state index contributed by atoms with van der Waals surface area (Å²) in [6.07, 6.45) is 5.63. The van der Waals surface area contributed by atoms with Gasteiger partial charge in [0.15, 0.2) is 5.96 Å². The second-order valence-electron chi connectivity index (χ2n) is 6.41. The second-order valence-corrected chi connectivity index (χ2v) is 7.19. The number of rotatable bonds is 3. The molecule has 1 atom stereocenters. The molecule has 2 heterocycles. The number of likely N-dealkylation sites (tertiary alicyclic amines) is 1. The summed E-state index contributed by atoms with van der Waals surface area (Å²) in [6, 6.07) is 2.22. The van der Waals surface area contributed by atoms with Crippen molar-refractivity contribution in [1.29, 1.82) is 0 Å². The molecule has 1 unspecified atom stereocenters. The highest BCUT2D eigenvalue weighted by Crippen LogP contribution is 2.47. The molecule has 0 radical (unpaired) electrons. The summed E-state index contributed by atoms with van der Waals surface area (Å²) >= 11 is 1.78. The minimum atomic E-state index is 0.540. The van der Waals surface area contributed by atoms with Gasteiger partial charge in [0, 0.05) is 26.7 Å². The average Bonchev–Trinajstić information content (AvgIpc) is 3.08. The molecule has 20 heavy (non-hydrogen) atoms. The molecule has 1 aliphatic heterocycles. The van der Waals surface area contributed by atoms with Crippen molar-refractivity contribution in [2.75, 3.05) is 26.7 Å². The second kappa shape index (κ2) is 5.76. The highest BCUT2D eigenvalue weighted by Gasteiger charge is 2.43. The Kier molecular flexibility index (Phi) is 4.01. The largest absolute Gasteiger partial charge is 0.356 e. The van der Waals surface area contributed by atoms with Gasteiger partial charge in [0.05, 0.1) is 0 Å². The molecule has 110 valence electrons. The molecule has 1 spiro atoms. The van der Waals surface area contributed by atoms with Crippen LogP contribution >= 0.6 is 11.3 Å². The summed E-state index contributed by atoms with van der Waals surface area (Å²) in [5.41, 5.74) is 2.06. The molecule has 1 N–H and O–H groups in total. The van der Waals surface area contributed by atoms with Gasteiger partial charge in [-0.25, -0.2) is 0 Å². The van der Waals surface area contributed by atoms with E-state index in [-0.39, 0.29) is 0 Å². The van der Waals surface area contributed by atoms with E-state index in [0.29, 0.717) is 11.3 Å². The fourth-order valence-electron chi connectivity index (χ4n) is 3.45. The summed E-state index contributed by atoms with van der Waals surface area (Å²) in [5.74, 6) is 1.63. The maximum Gasteiger partial charge on any atom is 0.193 e. The van der Waals surface area contributed by atoms with Crippen molar-refractivity contribution in [2.45, 2.75) is 38.5 Å². The van der Waals surface area contributed by atoms with Crippen LogP contribution in [0.15, 0.2) is 21.8 Å². The Bertz CT molecular complexity index is 462. The standard InChI is InChI=1S/C16H25N3S/c1-13(14-4-9-20-11-14)10-18-15(17-2)19-8-7-16(12-19)5-3-6-16/h4,9,11,13H,3,5-8,10,12H2,1-2H3,(H,17,18). The van der Waals surface area contributed by atoms with Crippen molar-refractivity contribution in [2.24, 2.45) is 10.4 Å². The van der Waals surface area contributed by atoms with Gasteiger partial charge in [0.25, 0.3) is 0 Å². The maximum atomic E-state index is 4.48. The van der Waals surface area contributed by atoms with E-state index in [4.69, 9.17) is 0 Å². The predicted molar refractivity (Wildman–Crippen MR) is 86.6 cm³/mol. The Morgan fingerprint density at radius 3 is 2.90 bits per heavy atom. The third kappa shape index (κ3) is 2.71. The number of nitrogens with zero attached hydrogens (tertiary/aromatic N) is 2. The molecular weight excluding hydrogens is 266 g/mol. The molecule has 4 heteroatoms. The summed E-state index contributed by atoms with van der Waals surface area (Å²) in [4.78, 5) is 6.94. The van der Waals surface area contributed by atoms with E-state index in [9.17, 15) is 0 Å². The molecule has 1 aromatic heterocycles. The summed E-state index contributed by atoms with van der Waals surface area (Å²) in [6.45, 7) is 5.62. The third-order valence-corrected chi connectivity index (χ3v) is 5.74. The van der Waals surface area contributed by atoms with E-state index in [0.717, 1.165) is 12.5 Å². The van der Waals surface area contributed by atoms with Crippen LogP contribution in [-0.4, -0.2) is 37.5 Å². The summed E-state index contributed by atoms with van der Waals surface area (Å²) < 4.78 is 0. The Morgan fingerprint density at radius 1 is 1.50 bits per heavy atom. The van der Waals surface area contributed by atoms with E-state index < -0.39 is 0 Å². The number of aliphatic imine (C=N–C) groups is 1. The van der Waals surface area contributed by atoms with Crippen molar-refractivity contribution in [3.63, 3.8) is 0 Å². The first-order valence-corrected chi connectivity index (χ1v) is 8.64. The quantitative estimate of drug-likeness (QED) is 0.683. The van der Waals surface area contributed by atoms with Gasteiger partial charge >= 0.3 is 0 Å². The van der Waals surface area contributed by atoms with Gasteiger partial charge < -0.3 is 10.2 Å². The molecule has 3 rings (SSSR count). The molecule has 2 aliphatic rings. The Hall–Kier alpha value is -1.03. The Morgan fingerprint density at radius 2 is 2.35 bits per heavy atom. The van der Waals surface area contributed by atoms with Crippen LogP contribution in [0, 0.1) is 5.41 Å². The van der Waals surface area contributed by atoms with Crippen molar-refractivity contribution < 1.29 is 0 Å². The lowest BCUT2D eigenvalue weighted by Crippen LogP contribution is -2.43. The first kappa shape index (κ1) is 13.9. The normalized spacial score (nSPS) is 22.9. The molecule has 1 aliphatic carbocycles. The highest BCUT2D eigenvalue weighted by molar-refractivity contribution is 7.07. The Labute approximate surface area is 126 Å². The van der Waals surface area contributed by atoms with Crippen LogP contribution in [0.4, 0.5) is 0 Å². The zero-order valence-electron chi connectivity index (χ0n) is 12.6. The first-order chi connectivity index (χ1) is 9.72. The first-order valence-electron chi connectivity index (χ1n) is 7.70. The van der Waals surface area contributed by atoms with Gasteiger partial charge in [-0.3, -0.25) is 4.99 Å².